The third-order valence-electron chi connectivity index (χ3n) is 3.04. The Bertz CT molecular complexity index is 511. The van der Waals surface area contributed by atoms with Gasteiger partial charge in [-0.15, -0.1) is 0 Å². The topological polar surface area (TPSA) is 41.5 Å². The van der Waals surface area contributed by atoms with Gasteiger partial charge >= 0.3 is 0 Å². The number of rotatable bonds is 4. The van der Waals surface area contributed by atoms with Crippen molar-refractivity contribution in [3.05, 3.63) is 42.0 Å². The van der Waals surface area contributed by atoms with Crippen LogP contribution in [0.2, 0.25) is 0 Å². The van der Waals surface area contributed by atoms with Crippen LogP contribution in [0, 0.1) is 0 Å². The molecule has 2 N–H and O–H groups in total. The average Bonchev–Trinajstić information content (AvgIpc) is 2.37. The van der Waals surface area contributed by atoms with Gasteiger partial charge in [-0.25, -0.2) is 5.48 Å². The lowest BCUT2D eigenvalue weighted by atomic mass is 9.98. The molecule has 1 unspecified atom stereocenters. The van der Waals surface area contributed by atoms with Crippen molar-refractivity contribution < 1.29 is 9.94 Å². The molecule has 3 heteroatoms. The van der Waals surface area contributed by atoms with Crippen LogP contribution in [0.1, 0.15) is 18.4 Å². The average molecular weight is 231 g/mol. The fourth-order valence-corrected chi connectivity index (χ4v) is 1.93. The van der Waals surface area contributed by atoms with Crippen molar-refractivity contribution in [1.82, 2.24) is 5.48 Å². The van der Waals surface area contributed by atoms with Gasteiger partial charge in [0, 0.05) is 6.54 Å². The van der Waals surface area contributed by atoms with Gasteiger partial charge in [-0.05, 0) is 34.4 Å². The van der Waals surface area contributed by atoms with Gasteiger partial charge in [0.15, 0.2) is 0 Å². The number of ether oxygens (including phenoxy) is 1. The Balaban J connectivity index is 2.37. The molecule has 17 heavy (non-hydrogen) atoms. The number of nitrogens with one attached hydrogen (secondary N) is 1. The van der Waals surface area contributed by atoms with Crippen LogP contribution in [0.25, 0.3) is 10.8 Å². The van der Waals surface area contributed by atoms with Gasteiger partial charge in [0.25, 0.3) is 0 Å². The molecule has 0 aliphatic rings. The molecular weight excluding hydrogens is 214 g/mol. The third-order valence-corrected chi connectivity index (χ3v) is 3.04. The van der Waals surface area contributed by atoms with E-state index in [4.69, 9.17) is 9.94 Å². The molecule has 0 aromatic heterocycles. The monoisotopic (exact) mass is 231 g/mol. The Hall–Kier alpha value is -1.58. The zero-order valence-electron chi connectivity index (χ0n) is 10.1. The minimum atomic E-state index is 0.284. The number of hydrogen-bond donors (Lipinski definition) is 2. The lowest BCUT2D eigenvalue weighted by molar-refractivity contribution is 0.161. The first-order valence-corrected chi connectivity index (χ1v) is 5.69. The minimum absolute atomic E-state index is 0.284. The Labute approximate surface area is 101 Å². The summed E-state index contributed by atoms with van der Waals surface area (Å²) >= 11 is 0. The van der Waals surface area contributed by atoms with Crippen LogP contribution in [0.4, 0.5) is 0 Å². The fraction of sp³-hybridized carbons (Fsp3) is 0.286. The van der Waals surface area contributed by atoms with Crippen molar-refractivity contribution in [2.75, 3.05) is 13.7 Å². The van der Waals surface area contributed by atoms with Crippen LogP contribution in [-0.4, -0.2) is 18.9 Å². The van der Waals surface area contributed by atoms with Gasteiger partial charge in [-0.1, -0.05) is 31.2 Å². The summed E-state index contributed by atoms with van der Waals surface area (Å²) in [6.07, 6.45) is 0. The molecule has 0 saturated carbocycles. The molecule has 2 rings (SSSR count). The zero-order valence-corrected chi connectivity index (χ0v) is 10.1. The summed E-state index contributed by atoms with van der Waals surface area (Å²) < 4.78 is 5.20. The van der Waals surface area contributed by atoms with E-state index in [1.807, 2.05) is 12.1 Å². The highest BCUT2D eigenvalue weighted by Gasteiger charge is 2.05. The third kappa shape index (κ3) is 2.57. The first-order valence-electron chi connectivity index (χ1n) is 5.69. The molecule has 1 atom stereocenters. The van der Waals surface area contributed by atoms with Crippen molar-refractivity contribution in [2.24, 2.45) is 0 Å². The van der Waals surface area contributed by atoms with Crippen molar-refractivity contribution in [1.29, 1.82) is 0 Å². The zero-order chi connectivity index (χ0) is 12.3. The highest BCUT2D eigenvalue weighted by molar-refractivity contribution is 5.84. The molecule has 0 radical (unpaired) electrons. The van der Waals surface area contributed by atoms with Gasteiger partial charge in [0.2, 0.25) is 0 Å². The van der Waals surface area contributed by atoms with E-state index in [1.165, 1.54) is 10.9 Å². The Morgan fingerprint density at radius 3 is 2.59 bits per heavy atom. The maximum atomic E-state index is 8.71. The standard InChI is InChI=1S/C14H17NO2/c1-10(9-15-16)11-3-4-13-8-14(17-2)6-5-12(13)7-11/h3-8,10,15-16H,9H2,1-2H3. The normalized spacial score (nSPS) is 12.6. The van der Waals surface area contributed by atoms with Crippen LogP contribution in [0.15, 0.2) is 36.4 Å². The summed E-state index contributed by atoms with van der Waals surface area (Å²) in [6, 6.07) is 12.4. The number of hydroxylamine groups is 1. The highest BCUT2D eigenvalue weighted by Crippen LogP contribution is 2.24. The molecule has 0 heterocycles. The molecular formula is C14H17NO2. The second-order valence-electron chi connectivity index (χ2n) is 4.24. The molecule has 3 nitrogen and oxygen atoms in total. The second-order valence-corrected chi connectivity index (χ2v) is 4.24. The number of methoxy groups -OCH3 is 1. The number of benzene rings is 2. The number of hydrogen-bond acceptors (Lipinski definition) is 3. The molecule has 0 amide bonds. The Kier molecular flexibility index (Phi) is 3.61. The van der Waals surface area contributed by atoms with Gasteiger partial charge in [0.05, 0.1) is 7.11 Å². The maximum absolute atomic E-state index is 8.71. The van der Waals surface area contributed by atoms with Crippen LogP contribution in [0.5, 0.6) is 5.75 Å². The van der Waals surface area contributed by atoms with Crippen molar-refractivity contribution in [3.63, 3.8) is 0 Å². The van der Waals surface area contributed by atoms with E-state index in [9.17, 15) is 0 Å². The van der Waals surface area contributed by atoms with E-state index in [0.29, 0.717) is 6.54 Å². The molecule has 90 valence electrons. The summed E-state index contributed by atoms with van der Waals surface area (Å²) in [4.78, 5) is 0. The van der Waals surface area contributed by atoms with Crippen molar-refractivity contribution >= 4 is 10.8 Å². The predicted molar refractivity (Wildman–Crippen MR) is 68.7 cm³/mol. The summed E-state index contributed by atoms with van der Waals surface area (Å²) in [5.74, 6) is 1.15. The van der Waals surface area contributed by atoms with E-state index < -0.39 is 0 Å². The quantitative estimate of drug-likeness (QED) is 0.795. The fourth-order valence-electron chi connectivity index (χ4n) is 1.93. The molecule has 0 bridgehead atoms. The van der Waals surface area contributed by atoms with Gasteiger partial charge in [-0.2, -0.15) is 0 Å². The second kappa shape index (κ2) is 5.17. The summed E-state index contributed by atoms with van der Waals surface area (Å²) in [5.41, 5.74) is 3.42. The SMILES string of the molecule is COc1ccc2cc(C(C)CNO)ccc2c1. The van der Waals surface area contributed by atoms with Crippen LogP contribution >= 0.6 is 0 Å². The van der Waals surface area contributed by atoms with Gasteiger partial charge < -0.3 is 9.94 Å². The Morgan fingerprint density at radius 1 is 1.18 bits per heavy atom. The first kappa shape index (κ1) is 11.9. The minimum Gasteiger partial charge on any atom is -0.497 e. The Morgan fingerprint density at radius 2 is 1.88 bits per heavy atom. The van der Waals surface area contributed by atoms with Crippen LogP contribution in [0.3, 0.4) is 0 Å². The molecule has 2 aromatic carbocycles. The van der Waals surface area contributed by atoms with Crippen molar-refractivity contribution in [3.8, 4) is 5.75 Å². The number of fused-ring (bicyclic) bond motifs is 1. The first-order chi connectivity index (χ1) is 8.24. The van der Waals surface area contributed by atoms with E-state index in [-0.39, 0.29) is 5.92 Å². The highest BCUT2D eigenvalue weighted by atomic mass is 16.5. The summed E-state index contributed by atoms with van der Waals surface area (Å²) in [7, 11) is 1.67. The van der Waals surface area contributed by atoms with Gasteiger partial charge in [-0.3, -0.25) is 0 Å². The van der Waals surface area contributed by atoms with Crippen LogP contribution in [-0.2, 0) is 0 Å². The molecule has 0 fully saturated rings. The molecule has 0 saturated heterocycles. The van der Waals surface area contributed by atoms with Gasteiger partial charge in [0.1, 0.15) is 5.75 Å². The lowest BCUT2D eigenvalue weighted by Crippen LogP contribution is -2.15. The molecule has 0 spiro atoms. The van der Waals surface area contributed by atoms with E-state index in [2.05, 4.69) is 36.7 Å². The lowest BCUT2D eigenvalue weighted by Gasteiger charge is -2.11. The predicted octanol–water partition coefficient (Wildman–Crippen LogP) is 2.93. The molecule has 0 aliphatic carbocycles. The van der Waals surface area contributed by atoms with E-state index in [1.54, 1.807) is 7.11 Å². The largest absolute Gasteiger partial charge is 0.497 e. The summed E-state index contributed by atoms with van der Waals surface area (Å²) in [6.45, 7) is 2.63. The van der Waals surface area contributed by atoms with E-state index >= 15 is 0 Å². The van der Waals surface area contributed by atoms with Crippen molar-refractivity contribution in [2.45, 2.75) is 12.8 Å². The summed E-state index contributed by atoms with van der Waals surface area (Å²) in [5, 5.41) is 11.1. The van der Waals surface area contributed by atoms with Crippen LogP contribution < -0.4 is 10.2 Å². The molecule has 0 aliphatic heterocycles. The smallest absolute Gasteiger partial charge is 0.119 e. The van der Waals surface area contributed by atoms with E-state index in [0.717, 1.165) is 11.1 Å². The maximum Gasteiger partial charge on any atom is 0.119 e. The molecule has 2 aromatic rings.